The molecule has 0 radical (unpaired) electrons. The first-order valence-electron chi connectivity index (χ1n) is 7.61. The molecule has 0 spiro atoms. The molecule has 1 aromatic rings. The molecule has 2 rings (SSSR count). The number of ether oxygens (including phenoxy) is 1. The second kappa shape index (κ2) is 8.38. The molecule has 6 nitrogen and oxygen atoms in total. The monoisotopic (exact) mass is 304 g/mol. The Kier molecular flexibility index (Phi) is 6.21. The number of hydrogen-bond acceptors (Lipinski definition) is 3. The zero-order chi connectivity index (χ0) is 15.8. The summed E-state index contributed by atoms with van der Waals surface area (Å²) in [5.74, 6) is 0.691. The van der Waals surface area contributed by atoms with Crippen LogP contribution in [0.4, 0.5) is 5.69 Å². The number of nitrogens with two attached hydrogens (primary N) is 1. The lowest BCUT2D eigenvalue weighted by atomic mass is 9.85. The van der Waals surface area contributed by atoms with Crippen LogP contribution in [0.3, 0.4) is 0 Å². The van der Waals surface area contributed by atoms with Gasteiger partial charge in [-0.25, -0.2) is 4.99 Å². The van der Waals surface area contributed by atoms with Crippen molar-refractivity contribution in [3.8, 4) is 0 Å². The van der Waals surface area contributed by atoms with E-state index in [1.54, 1.807) is 7.11 Å². The van der Waals surface area contributed by atoms with Crippen LogP contribution in [-0.2, 0) is 16.1 Å². The van der Waals surface area contributed by atoms with Crippen molar-refractivity contribution in [2.24, 2.45) is 16.6 Å². The zero-order valence-corrected chi connectivity index (χ0v) is 13.0. The molecule has 0 aromatic heterocycles. The van der Waals surface area contributed by atoms with Gasteiger partial charge in [-0.05, 0) is 30.5 Å². The Morgan fingerprint density at radius 3 is 2.95 bits per heavy atom. The minimum atomic E-state index is 0.118. The quantitative estimate of drug-likeness (QED) is 0.404. The summed E-state index contributed by atoms with van der Waals surface area (Å²) in [5, 5.41) is 5.93. The fourth-order valence-corrected chi connectivity index (χ4v) is 2.18. The largest absolute Gasteiger partial charge is 0.383 e. The second-order valence-electron chi connectivity index (χ2n) is 5.44. The summed E-state index contributed by atoms with van der Waals surface area (Å²) in [6, 6.07) is 7.70. The topological polar surface area (TPSA) is 88.7 Å². The molecule has 1 amide bonds. The standard InChI is InChI=1S/C16H24N4O2/c1-22-9-8-18-16(17)19-11-12-4-2-7-14(10-12)20-15(21)13-5-3-6-13/h2,4,7,10,13H,3,5-6,8-9,11H2,1H3,(H,20,21)(H3,17,18,19). The molecular formula is C16H24N4O2. The van der Waals surface area contributed by atoms with Gasteiger partial charge in [-0.2, -0.15) is 0 Å². The number of aliphatic imine (C=N–C) groups is 1. The summed E-state index contributed by atoms with van der Waals surface area (Å²) >= 11 is 0. The number of carbonyl (C=O) groups is 1. The van der Waals surface area contributed by atoms with Gasteiger partial charge in [0.1, 0.15) is 0 Å². The third kappa shape index (κ3) is 5.04. The van der Waals surface area contributed by atoms with E-state index in [0.717, 1.165) is 30.5 Å². The highest BCUT2D eigenvalue weighted by atomic mass is 16.5. The molecule has 0 heterocycles. The van der Waals surface area contributed by atoms with E-state index >= 15 is 0 Å². The van der Waals surface area contributed by atoms with Gasteiger partial charge in [0.05, 0.1) is 13.2 Å². The highest BCUT2D eigenvalue weighted by Crippen LogP contribution is 2.27. The fraction of sp³-hybridized carbons (Fsp3) is 0.500. The molecule has 22 heavy (non-hydrogen) atoms. The van der Waals surface area contributed by atoms with Gasteiger partial charge in [-0.1, -0.05) is 18.6 Å². The Morgan fingerprint density at radius 2 is 2.27 bits per heavy atom. The number of nitrogens with one attached hydrogen (secondary N) is 2. The van der Waals surface area contributed by atoms with Crippen molar-refractivity contribution < 1.29 is 9.53 Å². The summed E-state index contributed by atoms with van der Waals surface area (Å²) in [7, 11) is 1.64. The van der Waals surface area contributed by atoms with Crippen LogP contribution in [-0.4, -0.2) is 32.1 Å². The van der Waals surface area contributed by atoms with Crippen molar-refractivity contribution in [1.82, 2.24) is 5.32 Å². The van der Waals surface area contributed by atoms with Crippen molar-refractivity contribution in [3.05, 3.63) is 29.8 Å². The van der Waals surface area contributed by atoms with Gasteiger partial charge in [0, 0.05) is 25.3 Å². The third-order valence-corrected chi connectivity index (χ3v) is 3.71. The minimum Gasteiger partial charge on any atom is -0.383 e. The van der Waals surface area contributed by atoms with Crippen LogP contribution in [0.15, 0.2) is 29.3 Å². The predicted octanol–water partition coefficient (Wildman–Crippen LogP) is 1.48. The molecule has 0 unspecified atom stereocenters. The van der Waals surface area contributed by atoms with Crippen LogP contribution in [0, 0.1) is 5.92 Å². The number of hydrogen-bond donors (Lipinski definition) is 3. The van der Waals surface area contributed by atoms with Gasteiger partial charge >= 0.3 is 0 Å². The predicted molar refractivity (Wildman–Crippen MR) is 87.6 cm³/mol. The van der Waals surface area contributed by atoms with Crippen molar-refractivity contribution >= 4 is 17.6 Å². The third-order valence-electron chi connectivity index (χ3n) is 3.71. The molecule has 120 valence electrons. The summed E-state index contributed by atoms with van der Waals surface area (Å²) in [6.07, 6.45) is 3.15. The van der Waals surface area contributed by atoms with Crippen molar-refractivity contribution in [2.75, 3.05) is 25.6 Å². The lowest BCUT2D eigenvalue weighted by Gasteiger charge is -2.24. The Morgan fingerprint density at radius 1 is 1.45 bits per heavy atom. The first-order valence-corrected chi connectivity index (χ1v) is 7.61. The normalized spacial score (nSPS) is 15.2. The minimum absolute atomic E-state index is 0.118. The van der Waals surface area contributed by atoms with E-state index < -0.39 is 0 Å². The van der Waals surface area contributed by atoms with E-state index in [9.17, 15) is 4.79 Å². The second-order valence-corrected chi connectivity index (χ2v) is 5.44. The molecule has 0 bridgehead atoms. The van der Waals surface area contributed by atoms with Crippen LogP contribution in [0.2, 0.25) is 0 Å². The van der Waals surface area contributed by atoms with E-state index in [1.165, 1.54) is 0 Å². The molecule has 1 aliphatic carbocycles. The van der Waals surface area contributed by atoms with Crippen molar-refractivity contribution in [3.63, 3.8) is 0 Å². The van der Waals surface area contributed by atoms with Gasteiger partial charge in [0.2, 0.25) is 5.91 Å². The SMILES string of the molecule is COCCNC(N)=NCc1cccc(NC(=O)C2CCC2)c1. The van der Waals surface area contributed by atoms with E-state index in [0.29, 0.717) is 25.7 Å². The van der Waals surface area contributed by atoms with Crippen LogP contribution in [0.5, 0.6) is 0 Å². The Hall–Kier alpha value is -2.08. The molecule has 1 saturated carbocycles. The molecule has 4 N–H and O–H groups in total. The summed E-state index contributed by atoms with van der Waals surface area (Å²) in [6.45, 7) is 1.68. The van der Waals surface area contributed by atoms with Gasteiger partial charge in [0.15, 0.2) is 5.96 Å². The van der Waals surface area contributed by atoms with Crippen LogP contribution in [0.1, 0.15) is 24.8 Å². The Bertz CT molecular complexity index is 527. The lowest BCUT2D eigenvalue weighted by molar-refractivity contribution is -0.122. The maximum absolute atomic E-state index is 11.9. The number of nitrogens with zero attached hydrogens (tertiary/aromatic N) is 1. The number of benzene rings is 1. The average Bonchev–Trinajstić information content (AvgIpc) is 2.44. The van der Waals surface area contributed by atoms with Crippen LogP contribution < -0.4 is 16.4 Å². The van der Waals surface area contributed by atoms with Crippen LogP contribution >= 0.6 is 0 Å². The van der Waals surface area contributed by atoms with Gasteiger partial charge < -0.3 is 21.1 Å². The number of guanidine groups is 1. The van der Waals surface area contributed by atoms with Crippen LogP contribution in [0.25, 0.3) is 0 Å². The molecular weight excluding hydrogens is 280 g/mol. The van der Waals surface area contributed by atoms with Crippen molar-refractivity contribution in [2.45, 2.75) is 25.8 Å². The summed E-state index contributed by atoms with van der Waals surface area (Å²) in [5.41, 5.74) is 7.58. The maximum Gasteiger partial charge on any atom is 0.227 e. The van der Waals surface area contributed by atoms with Gasteiger partial charge in [-0.3, -0.25) is 4.79 Å². The first kappa shape index (κ1) is 16.3. The molecule has 0 aliphatic heterocycles. The molecule has 0 saturated heterocycles. The number of rotatable bonds is 7. The van der Waals surface area contributed by atoms with E-state index in [4.69, 9.17) is 10.5 Å². The molecule has 1 aromatic carbocycles. The maximum atomic E-state index is 11.9. The average molecular weight is 304 g/mol. The smallest absolute Gasteiger partial charge is 0.227 e. The summed E-state index contributed by atoms with van der Waals surface area (Å²) in [4.78, 5) is 16.2. The number of carbonyl (C=O) groups excluding carboxylic acids is 1. The molecule has 6 heteroatoms. The van der Waals surface area contributed by atoms with E-state index in [2.05, 4.69) is 15.6 Å². The van der Waals surface area contributed by atoms with Gasteiger partial charge in [-0.15, -0.1) is 0 Å². The van der Waals surface area contributed by atoms with Gasteiger partial charge in [0.25, 0.3) is 0 Å². The lowest BCUT2D eigenvalue weighted by Crippen LogP contribution is -2.34. The van der Waals surface area contributed by atoms with E-state index in [-0.39, 0.29) is 11.8 Å². The Balaban J connectivity index is 1.85. The Labute approximate surface area is 131 Å². The number of amides is 1. The number of anilines is 1. The molecule has 1 fully saturated rings. The fourth-order valence-electron chi connectivity index (χ4n) is 2.18. The summed E-state index contributed by atoms with van der Waals surface area (Å²) < 4.78 is 4.93. The molecule has 0 atom stereocenters. The molecule has 1 aliphatic rings. The number of methoxy groups -OCH3 is 1. The highest BCUT2D eigenvalue weighted by molar-refractivity contribution is 5.93. The van der Waals surface area contributed by atoms with Crippen molar-refractivity contribution in [1.29, 1.82) is 0 Å². The zero-order valence-electron chi connectivity index (χ0n) is 13.0. The highest BCUT2D eigenvalue weighted by Gasteiger charge is 2.25. The first-order chi connectivity index (χ1) is 10.7. The van der Waals surface area contributed by atoms with E-state index in [1.807, 2.05) is 24.3 Å².